The number of benzene rings is 3. The highest BCUT2D eigenvalue weighted by molar-refractivity contribution is 6.11. The third kappa shape index (κ3) is 4.93. The molecule has 1 aliphatic heterocycles. The lowest BCUT2D eigenvalue weighted by molar-refractivity contribution is -0.133. The number of amides is 1. The Labute approximate surface area is 230 Å². The van der Waals surface area contributed by atoms with Crippen LogP contribution in [0.1, 0.15) is 40.7 Å². The van der Waals surface area contributed by atoms with Crippen LogP contribution in [0.3, 0.4) is 0 Å². The summed E-state index contributed by atoms with van der Waals surface area (Å²) in [6.45, 7) is 1.75. The van der Waals surface area contributed by atoms with E-state index < -0.39 is 11.3 Å². The lowest BCUT2D eigenvalue weighted by Crippen LogP contribution is -2.38. The van der Waals surface area contributed by atoms with Gasteiger partial charge < -0.3 is 15.4 Å². The van der Waals surface area contributed by atoms with Crippen LogP contribution in [-0.2, 0) is 22.4 Å². The number of aromatic nitrogens is 1. The quantitative estimate of drug-likeness (QED) is 0.280. The van der Waals surface area contributed by atoms with Gasteiger partial charge in [-0.15, -0.1) is 0 Å². The number of fused-ring (bicyclic) bond motifs is 1. The molecule has 2 aliphatic rings. The van der Waals surface area contributed by atoms with Gasteiger partial charge in [-0.2, -0.15) is 0 Å². The fourth-order valence-corrected chi connectivity index (χ4v) is 5.21. The van der Waals surface area contributed by atoms with Crippen molar-refractivity contribution in [1.29, 1.82) is 0 Å². The van der Waals surface area contributed by atoms with Crippen molar-refractivity contribution >= 4 is 34.1 Å². The minimum absolute atomic E-state index is 0.0922. The Balaban J connectivity index is 1.16. The zero-order chi connectivity index (χ0) is 27.9. The van der Waals surface area contributed by atoms with E-state index in [0.29, 0.717) is 46.4 Å². The molecule has 4 aromatic rings. The second-order valence-electron chi connectivity index (χ2n) is 10.6. The Morgan fingerprint density at radius 2 is 1.52 bits per heavy atom. The number of carbonyl (C=O) groups is 3. The molecule has 1 aromatic heterocycles. The molecule has 2 heterocycles. The summed E-state index contributed by atoms with van der Waals surface area (Å²) in [5.74, 6) is 0.0351. The van der Waals surface area contributed by atoms with Crippen LogP contribution in [-0.4, -0.2) is 35.5 Å². The van der Waals surface area contributed by atoms with Crippen molar-refractivity contribution in [2.24, 2.45) is 11.1 Å². The largest absolute Gasteiger partial charge is 0.457 e. The number of halogens is 1. The maximum Gasteiger partial charge on any atom is 0.250 e. The van der Waals surface area contributed by atoms with Gasteiger partial charge in [-0.1, -0.05) is 24.3 Å². The first kappa shape index (κ1) is 25.7. The molecule has 1 saturated carbocycles. The fourth-order valence-electron chi connectivity index (χ4n) is 5.21. The Kier molecular flexibility index (Phi) is 6.54. The predicted octanol–water partition coefficient (Wildman–Crippen LogP) is 5.18. The molecule has 6 rings (SSSR count). The molecular weight excluding hydrogens is 509 g/mol. The van der Waals surface area contributed by atoms with E-state index in [1.807, 2.05) is 18.2 Å². The smallest absolute Gasteiger partial charge is 0.250 e. The van der Waals surface area contributed by atoms with E-state index in [1.165, 1.54) is 12.1 Å². The van der Waals surface area contributed by atoms with Crippen molar-refractivity contribution in [3.05, 3.63) is 95.4 Å². The van der Waals surface area contributed by atoms with E-state index in [1.54, 1.807) is 42.6 Å². The van der Waals surface area contributed by atoms with Gasteiger partial charge >= 0.3 is 0 Å². The number of Topliss-reactive ketones (excluding diaryl/α,β-unsaturated/α-hetero) is 2. The van der Waals surface area contributed by atoms with Crippen molar-refractivity contribution in [2.75, 3.05) is 18.0 Å². The lowest BCUT2D eigenvalue weighted by Gasteiger charge is -2.34. The second kappa shape index (κ2) is 10.2. The number of hydrogen-bond donors (Lipinski definition) is 1. The Bertz CT molecular complexity index is 1630. The van der Waals surface area contributed by atoms with Gasteiger partial charge in [0.05, 0.1) is 22.2 Å². The predicted molar refractivity (Wildman–Crippen MR) is 149 cm³/mol. The average molecular weight is 538 g/mol. The van der Waals surface area contributed by atoms with Crippen molar-refractivity contribution in [3.8, 4) is 11.5 Å². The maximum absolute atomic E-state index is 13.2. The second-order valence-corrected chi connectivity index (χ2v) is 10.6. The highest BCUT2D eigenvalue weighted by Gasteiger charge is 2.54. The van der Waals surface area contributed by atoms with Crippen LogP contribution in [0.15, 0.2) is 72.9 Å². The SMILES string of the molecule is NC(=O)c1cc2c(Oc3ccc(CC(=O)C4(C(=O)Cc5ccc(F)cc5)CC4)cc3)ccnc2cc1N1CCC1. The number of rotatable bonds is 10. The van der Waals surface area contributed by atoms with Crippen LogP contribution >= 0.6 is 0 Å². The van der Waals surface area contributed by atoms with E-state index in [0.717, 1.165) is 30.8 Å². The van der Waals surface area contributed by atoms with Gasteiger partial charge in [0.15, 0.2) is 11.6 Å². The third-order valence-corrected chi connectivity index (χ3v) is 7.89. The summed E-state index contributed by atoms with van der Waals surface area (Å²) in [6, 6.07) is 18.3. The van der Waals surface area contributed by atoms with Crippen molar-refractivity contribution < 1.29 is 23.5 Å². The topological polar surface area (TPSA) is 103 Å². The van der Waals surface area contributed by atoms with Crippen molar-refractivity contribution in [1.82, 2.24) is 4.98 Å². The number of ketones is 2. The Morgan fingerprint density at radius 3 is 2.08 bits per heavy atom. The van der Waals surface area contributed by atoms with Crippen LogP contribution in [0.25, 0.3) is 10.9 Å². The number of ether oxygens (including phenoxy) is 1. The molecule has 0 spiro atoms. The molecule has 1 aliphatic carbocycles. The van der Waals surface area contributed by atoms with Crippen LogP contribution in [0, 0.1) is 11.2 Å². The van der Waals surface area contributed by atoms with Gasteiger partial charge in [0.1, 0.15) is 17.3 Å². The first-order valence-electron chi connectivity index (χ1n) is 13.4. The molecule has 3 aromatic carbocycles. The highest BCUT2D eigenvalue weighted by atomic mass is 19.1. The number of nitrogens with zero attached hydrogens (tertiary/aromatic N) is 2. The number of anilines is 1. The van der Waals surface area contributed by atoms with E-state index in [-0.39, 0.29) is 30.2 Å². The zero-order valence-corrected chi connectivity index (χ0v) is 21.9. The molecule has 40 heavy (non-hydrogen) atoms. The number of carbonyl (C=O) groups excluding carboxylic acids is 3. The normalized spacial score (nSPS) is 15.4. The molecule has 2 N–H and O–H groups in total. The third-order valence-electron chi connectivity index (χ3n) is 7.89. The van der Waals surface area contributed by atoms with E-state index in [4.69, 9.17) is 10.5 Å². The summed E-state index contributed by atoms with van der Waals surface area (Å²) in [6.07, 6.45) is 4.10. The van der Waals surface area contributed by atoms with Crippen LogP contribution < -0.4 is 15.4 Å². The van der Waals surface area contributed by atoms with Gasteiger partial charge in [0, 0.05) is 37.5 Å². The standard InChI is InChI=1S/C32H28FN3O4/c33-22-6-2-20(3-7-22)16-29(37)32(11-12-32)30(38)17-21-4-8-23(9-5-21)40-28-10-13-35-26-19-27(36-14-1-15-36)25(31(34)39)18-24(26)28/h2-10,13,18-19H,1,11-12,14-17H2,(H2,34,39). The summed E-state index contributed by atoms with van der Waals surface area (Å²) in [5.41, 5.74) is 8.16. The number of nitrogens with two attached hydrogens (primary N) is 1. The monoisotopic (exact) mass is 537 g/mol. The number of hydrogen-bond acceptors (Lipinski definition) is 6. The summed E-state index contributed by atoms with van der Waals surface area (Å²) in [7, 11) is 0. The Morgan fingerprint density at radius 1 is 0.900 bits per heavy atom. The summed E-state index contributed by atoms with van der Waals surface area (Å²) in [4.78, 5) is 44.9. The molecule has 202 valence electrons. The first-order valence-corrected chi connectivity index (χ1v) is 13.4. The maximum atomic E-state index is 13.2. The van der Waals surface area contributed by atoms with Gasteiger partial charge in [0.2, 0.25) is 0 Å². The lowest BCUT2D eigenvalue weighted by atomic mass is 9.88. The van der Waals surface area contributed by atoms with Crippen molar-refractivity contribution in [3.63, 3.8) is 0 Å². The van der Waals surface area contributed by atoms with Crippen LogP contribution in [0.2, 0.25) is 0 Å². The zero-order valence-electron chi connectivity index (χ0n) is 21.9. The van der Waals surface area contributed by atoms with E-state index in [2.05, 4.69) is 9.88 Å². The van der Waals surface area contributed by atoms with Gasteiger partial charge in [-0.25, -0.2) is 4.39 Å². The van der Waals surface area contributed by atoms with Crippen molar-refractivity contribution in [2.45, 2.75) is 32.1 Å². The number of pyridine rings is 1. The molecule has 0 unspecified atom stereocenters. The van der Waals surface area contributed by atoms with Gasteiger partial charge in [0.25, 0.3) is 5.91 Å². The summed E-state index contributed by atoms with van der Waals surface area (Å²) >= 11 is 0. The van der Waals surface area contributed by atoms with Crippen LogP contribution in [0.5, 0.6) is 11.5 Å². The molecule has 7 nitrogen and oxygen atoms in total. The molecule has 8 heteroatoms. The average Bonchev–Trinajstić information content (AvgIpc) is 3.72. The molecular formula is C32H28FN3O4. The molecule has 1 amide bonds. The summed E-state index contributed by atoms with van der Waals surface area (Å²) < 4.78 is 19.3. The fraction of sp³-hybridized carbons (Fsp3) is 0.250. The minimum Gasteiger partial charge on any atom is -0.457 e. The molecule has 0 radical (unpaired) electrons. The van der Waals surface area contributed by atoms with Gasteiger partial charge in [-0.3, -0.25) is 19.4 Å². The molecule has 0 atom stereocenters. The molecule has 0 bridgehead atoms. The summed E-state index contributed by atoms with van der Waals surface area (Å²) in [5, 5.41) is 0.676. The Hall–Kier alpha value is -4.59. The van der Waals surface area contributed by atoms with Crippen LogP contribution in [0.4, 0.5) is 10.1 Å². The van der Waals surface area contributed by atoms with E-state index >= 15 is 0 Å². The first-order chi connectivity index (χ1) is 19.3. The van der Waals surface area contributed by atoms with Gasteiger partial charge in [-0.05, 0) is 72.9 Å². The number of primary amides is 1. The highest BCUT2D eigenvalue weighted by Crippen LogP contribution is 2.49. The minimum atomic E-state index is -0.938. The molecule has 2 fully saturated rings. The van der Waals surface area contributed by atoms with E-state index in [9.17, 15) is 18.8 Å². The molecule has 1 saturated heterocycles.